The van der Waals surface area contributed by atoms with Gasteiger partial charge in [0.15, 0.2) is 6.61 Å². The van der Waals surface area contributed by atoms with E-state index in [0.717, 1.165) is 10.0 Å². The summed E-state index contributed by atoms with van der Waals surface area (Å²) < 4.78 is 6.36. The number of halogens is 1. The van der Waals surface area contributed by atoms with Crippen molar-refractivity contribution in [1.29, 1.82) is 0 Å². The normalized spacial score (nSPS) is 11.0. The molecule has 5 heteroatoms. The molecule has 0 unspecified atom stereocenters. The summed E-state index contributed by atoms with van der Waals surface area (Å²) in [5, 5.41) is 3.93. The number of nitrogens with zero attached hydrogens (tertiary/aromatic N) is 1. The number of ether oxygens (including phenoxy) is 1. The number of hydrogen-bond donors (Lipinski definition) is 1. The zero-order valence-electron chi connectivity index (χ0n) is 14.0. The predicted molar refractivity (Wildman–Crippen MR) is 101 cm³/mol. The van der Waals surface area contributed by atoms with Gasteiger partial charge in [0.1, 0.15) is 5.75 Å². The first-order valence-electron chi connectivity index (χ1n) is 7.76. The molecule has 1 N–H and O–H groups in total. The largest absolute Gasteiger partial charge is 0.483 e. The van der Waals surface area contributed by atoms with E-state index in [-0.39, 0.29) is 12.5 Å². The number of aryl methyl sites for hydroxylation is 1. The highest BCUT2D eigenvalue weighted by atomic mass is 79.9. The fourth-order valence-corrected chi connectivity index (χ4v) is 2.51. The molecule has 2 aromatic rings. The third kappa shape index (κ3) is 5.49. The highest BCUT2D eigenvalue weighted by molar-refractivity contribution is 9.10. The molecule has 0 bridgehead atoms. The van der Waals surface area contributed by atoms with Gasteiger partial charge in [-0.05, 0) is 52.0 Å². The number of amides is 1. The SMILES string of the molecule is Cc1ccc(/C=N/NC(=O)COc2ccc(C(C)C)cc2Br)cc1. The Morgan fingerprint density at radius 1 is 1.25 bits per heavy atom. The number of hydrazone groups is 1. The van der Waals surface area contributed by atoms with E-state index < -0.39 is 0 Å². The second-order valence-corrected chi connectivity index (χ2v) is 6.69. The number of nitrogens with one attached hydrogen (secondary N) is 1. The zero-order valence-corrected chi connectivity index (χ0v) is 15.6. The average Bonchev–Trinajstić information content (AvgIpc) is 2.55. The van der Waals surface area contributed by atoms with E-state index in [2.05, 4.69) is 40.3 Å². The molecule has 0 radical (unpaired) electrons. The van der Waals surface area contributed by atoms with Gasteiger partial charge in [-0.3, -0.25) is 4.79 Å². The van der Waals surface area contributed by atoms with Crippen LogP contribution < -0.4 is 10.2 Å². The van der Waals surface area contributed by atoms with Crippen molar-refractivity contribution in [1.82, 2.24) is 5.43 Å². The first-order chi connectivity index (χ1) is 11.5. The van der Waals surface area contributed by atoms with Gasteiger partial charge in [0.25, 0.3) is 5.91 Å². The molecule has 0 aliphatic heterocycles. The molecule has 4 nitrogen and oxygen atoms in total. The van der Waals surface area contributed by atoms with Crippen molar-refractivity contribution >= 4 is 28.1 Å². The van der Waals surface area contributed by atoms with Gasteiger partial charge in [-0.15, -0.1) is 0 Å². The van der Waals surface area contributed by atoms with Crippen molar-refractivity contribution in [2.45, 2.75) is 26.7 Å². The Labute approximate surface area is 151 Å². The van der Waals surface area contributed by atoms with E-state index in [1.807, 2.05) is 49.4 Å². The zero-order chi connectivity index (χ0) is 17.5. The summed E-state index contributed by atoms with van der Waals surface area (Å²) in [5.41, 5.74) is 5.77. The van der Waals surface area contributed by atoms with Crippen LogP contribution in [0.1, 0.15) is 36.5 Å². The van der Waals surface area contributed by atoms with Crippen molar-refractivity contribution < 1.29 is 9.53 Å². The topological polar surface area (TPSA) is 50.7 Å². The van der Waals surface area contributed by atoms with Crippen molar-refractivity contribution in [3.8, 4) is 5.75 Å². The van der Waals surface area contributed by atoms with Gasteiger partial charge in [0.2, 0.25) is 0 Å². The lowest BCUT2D eigenvalue weighted by molar-refractivity contribution is -0.123. The maximum atomic E-state index is 11.8. The molecule has 24 heavy (non-hydrogen) atoms. The summed E-state index contributed by atoms with van der Waals surface area (Å²) in [4.78, 5) is 11.8. The Hall–Kier alpha value is -2.14. The lowest BCUT2D eigenvalue weighted by Crippen LogP contribution is -2.24. The number of carbonyl (C=O) groups excluding carboxylic acids is 1. The van der Waals surface area contributed by atoms with Crippen molar-refractivity contribution in [3.63, 3.8) is 0 Å². The Balaban J connectivity index is 1.84. The third-order valence-corrected chi connectivity index (χ3v) is 4.08. The fourth-order valence-electron chi connectivity index (χ4n) is 2.00. The molecule has 0 saturated heterocycles. The summed E-state index contributed by atoms with van der Waals surface area (Å²) in [5.74, 6) is 0.769. The lowest BCUT2D eigenvalue weighted by Gasteiger charge is -2.10. The lowest BCUT2D eigenvalue weighted by atomic mass is 10.0. The molecular weight excluding hydrogens is 368 g/mol. The molecule has 0 saturated carbocycles. The highest BCUT2D eigenvalue weighted by Crippen LogP contribution is 2.28. The van der Waals surface area contributed by atoms with Crippen molar-refractivity contribution in [2.75, 3.05) is 6.61 Å². The molecular formula is C19H21BrN2O2. The standard InChI is InChI=1S/C19H21BrN2O2/c1-13(2)16-8-9-18(17(20)10-16)24-12-19(23)22-21-11-15-6-4-14(3)5-7-15/h4-11,13H,12H2,1-3H3,(H,22,23)/b21-11+. The van der Waals surface area contributed by atoms with E-state index in [4.69, 9.17) is 4.74 Å². The fraction of sp³-hybridized carbons (Fsp3) is 0.263. The van der Waals surface area contributed by atoms with E-state index in [1.165, 1.54) is 11.1 Å². The summed E-state index contributed by atoms with van der Waals surface area (Å²) in [6.07, 6.45) is 1.60. The van der Waals surface area contributed by atoms with Gasteiger partial charge in [-0.25, -0.2) is 5.43 Å². The summed E-state index contributed by atoms with van der Waals surface area (Å²) in [7, 11) is 0. The van der Waals surface area contributed by atoms with E-state index in [0.29, 0.717) is 11.7 Å². The molecule has 2 aromatic carbocycles. The Morgan fingerprint density at radius 2 is 1.96 bits per heavy atom. The number of carbonyl (C=O) groups is 1. The summed E-state index contributed by atoms with van der Waals surface area (Å²) >= 11 is 3.47. The monoisotopic (exact) mass is 388 g/mol. The van der Waals surface area contributed by atoms with Crippen LogP contribution in [0.5, 0.6) is 5.75 Å². The van der Waals surface area contributed by atoms with Gasteiger partial charge in [0.05, 0.1) is 10.7 Å². The van der Waals surface area contributed by atoms with Crippen LogP contribution in [0.15, 0.2) is 52.0 Å². The number of benzene rings is 2. The Bertz CT molecular complexity index is 725. The number of hydrogen-bond acceptors (Lipinski definition) is 3. The van der Waals surface area contributed by atoms with Crippen LogP contribution >= 0.6 is 15.9 Å². The highest BCUT2D eigenvalue weighted by Gasteiger charge is 2.07. The first kappa shape index (κ1) is 18.2. The van der Waals surface area contributed by atoms with Gasteiger partial charge in [0, 0.05) is 0 Å². The van der Waals surface area contributed by atoms with Crippen LogP contribution in [-0.4, -0.2) is 18.7 Å². The predicted octanol–water partition coefficient (Wildman–Crippen LogP) is 4.41. The van der Waals surface area contributed by atoms with Crippen LogP contribution in [0.2, 0.25) is 0 Å². The van der Waals surface area contributed by atoms with Crippen molar-refractivity contribution in [3.05, 3.63) is 63.6 Å². The van der Waals surface area contributed by atoms with Crippen LogP contribution in [-0.2, 0) is 4.79 Å². The van der Waals surface area contributed by atoms with E-state index >= 15 is 0 Å². The molecule has 1 amide bonds. The molecule has 0 aromatic heterocycles. The molecule has 0 aliphatic rings. The van der Waals surface area contributed by atoms with Crippen LogP contribution in [0, 0.1) is 6.92 Å². The quantitative estimate of drug-likeness (QED) is 0.588. The second-order valence-electron chi connectivity index (χ2n) is 5.84. The molecule has 2 rings (SSSR count). The second kappa shape index (κ2) is 8.64. The molecule has 0 heterocycles. The molecule has 126 valence electrons. The van der Waals surface area contributed by atoms with Gasteiger partial charge >= 0.3 is 0 Å². The maximum absolute atomic E-state index is 11.8. The summed E-state index contributed by atoms with van der Waals surface area (Å²) in [6, 6.07) is 13.7. The van der Waals surface area contributed by atoms with Crippen LogP contribution in [0.25, 0.3) is 0 Å². The number of rotatable bonds is 6. The molecule has 0 aliphatic carbocycles. The minimum absolute atomic E-state index is 0.0924. The third-order valence-electron chi connectivity index (χ3n) is 3.46. The maximum Gasteiger partial charge on any atom is 0.277 e. The Kier molecular flexibility index (Phi) is 6.55. The van der Waals surface area contributed by atoms with Gasteiger partial charge < -0.3 is 4.74 Å². The Morgan fingerprint density at radius 3 is 2.58 bits per heavy atom. The van der Waals surface area contributed by atoms with Crippen molar-refractivity contribution in [2.24, 2.45) is 5.10 Å². The smallest absolute Gasteiger partial charge is 0.277 e. The van der Waals surface area contributed by atoms with E-state index in [1.54, 1.807) is 6.21 Å². The molecule has 0 atom stereocenters. The first-order valence-corrected chi connectivity index (χ1v) is 8.56. The van der Waals surface area contributed by atoms with Gasteiger partial charge in [-0.2, -0.15) is 5.10 Å². The average molecular weight is 389 g/mol. The van der Waals surface area contributed by atoms with Gasteiger partial charge in [-0.1, -0.05) is 49.7 Å². The minimum Gasteiger partial charge on any atom is -0.483 e. The molecule has 0 spiro atoms. The van der Waals surface area contributed by atoms with E-state index in [9.17, 15) is 4.79 Å². The van der Waals surface area contributed by atoms with Crippen LogP contribution in [0.4, 0.5) is 0 Å². The molecule has 0 fully saturated rings. The van der Waals surface area contributed by atoms with Crippen LogP contribution in [0.3, 0.4) is 0 Å². The summed E-state index contributed by atoms with van der Waals surface area (Å²) in [6.45, 7) is 6.18. The minimum atomic E-state index is -0.307.